The van der Waals surface area contributed by atoms with Gasteiger partial charge in [0.2, 0.25) is 0 Å². The molecule has 2 aromatic carbocycles. The van der Waals surface area contributed by atoms with E-state index in [0.717, 1.165) is 0 Å². The summed E-state index contributed by atoms with van der Waals surface area (Å²) in [6.45, 7) is 10.4. The molecule has 0 amide bonds. The number of halogens is 2. The lowest BCUT2D eigenvalue weighted by Gasteiger charge is -2.38. The summed E-state index contributed by atoms with van der Waals surface area (Å²) in [4.78, 5) is 15.4. The van der Waals surface area contributed by atoms with Gasteiger partial charge in [0.1, 0.15) is 17.7 Å². The second-order valence-electron chi connectivity index (χ2n) is 10.2. The van der Waals surface area contributed by atoms with E-state index in [4.69, 9.17) is 9.47 Å². The van der Waals surface area contributed by atoms with E-state index >= 15 is 4.39 Å². The Morgan fingerprint density at radius 1 is 1.06 bits per heavy atom. The van der Waals surface area contributed by atoms with Crippen molar-refractivity contribution in [2.45, 2.75) is 52.7 Å². The summed E-state index contributed by atoms with van der Waals surface area (Å²) < 4.78 is 41.3. The first kappa shape index (κ1) is 26.0. The summed E-state index contributed by atoms with van der Waals surface area (Å²) in [5, 5.41) is 9.34. The third-order valence-corrected chi connectivity index (χ3v) is 7.69. The maximum atomic E-state index is 15.1. The van der Waals surface area contributed by atoms with Gasteiger partial charge in [-0.2, -0.15) is 0 Å². The lowest BCUT2D eigenvalue weighted by molar-refractivity contribution is -0.137. The minimum absolute atomic E-state index is 0.0234. The minimum Gasteiger partial charge on any atom is -0.494 e. The molecule has 0 saturated carbocycles. The standard InChI is InChI=1S/C28H36F2N2O4/c1-5-35-21-7-8-22(29)25(13-21)31-11-10-26(18(3)15-31)36-27-9-6-20(12-23(27)30)32-16-17(2)19(4)24(32)14-28(33)34/h6-9,12-13,17-19,24,26H,5,10-11,14-16H2,1-4H3,(H,33,34)/t17-,18?,19+,24-,26?/m0/s1. The van der Waals surface area contributed by atoms with E-state index in [2.05, 4.69) is 13.8 Å². The first-order valence-corrected chi connectivity index (χ1v) is 12.8. The van der Waals surface area contributed by atoms with Crippen molar-refractivity contribution in [2.75, 3.05) is 36.0 Å². The maximum absolute atomic E-state index is 15.1. The SMILES string of the molecule is CCOc1ccc(F)c(N2CCC(Oc3ccc(N4C[C@H](C)[C@@H](C)[C@@H]4CC(=O)O)cc3F)C(C)C2)c1. The number of piperidine rings is 1. The smallest absolute Gasteiger partial charge is 0.305 e. The van der Waals surface area contributed by atoms with E-state index in [1.54, 1.807) is 18.2 Å². The molecule has 2 aliphatic heterocycles. The van der Waals surface area contributed by atoms with Crippen LogP contribution in [0.25, 0.3) is 0 Å². The van der Waals surface area contributed by atoms with Crippen LogP contribution in [0.4, 0.5) is 20.2 Å². The first-order valence-electron chi connectivity index (χ1n) is 12.8. The van der Waals surface area contributed by atoms with Crippen LogP contribution in [0.1, 0.15) is 40.5 Å². The van der Waals surface area contributed by atoms with Crippen LogP contribution >= 0.6 is 0 Å². The van der Waals surface area contributed by atoms with Crippen LogP contribution in [0.5, 0.6) is 11.5 Å². The molecular formula is C28H36F2N2O4. The molecule has 2 unspecified atom stereocenters. The highest BCUT2D eigenvalue weighted by atomic mass is 19.1. The van der Waals surface area contributed by atoms with E-state index in [0.29, 0.717) is 55.7 Å². The van der Waals surface area contributed by atoms with E-state index in [9.17, 15) is 14.3 Å². The average Bonchev–Trinajstić information content (AvgIpc) is 3.11. The van der Waals surface area contributed by atoms with E-state index < -0.39 is 11.8 Å². The van der Waals surface area contributed by atoms with Gasteiger partial charge in [0.25, 0.3) is 0 Å². The van der Waals surface area contributed by atoms with Gasteiger partial charge in [0, 0.05) is 55.8 Å². The van der Waals surface area contributed by atoms with Gasteiger partial charge in [-0.15, -0.1) is 0 Å². The topological polar surface area (TPSA) is 62.2 Å². The zero-order chi connectivity index (χ0) is 26.0. The second-order valence-corrected chi connectivity index (χ2v) is 10.2. The molecule has 0 spiro atoms. The zero-order valence-corrected chi connectivity index (χ0v) is 21.4. The van der Waals surface area contributed by atoms with E-state index in [-0.39, 0.29) is 42.0 Å². The number of aliphatic carboxylic acids is 1. The van der Waals surface area contributed by atoms with E-state index in [1.807, 2.05) is 29.7 Å². The summed E-state index contributed by atoms with van der Waals surface area (Å²) in [7, 11) is 0. The number of nitrogens with zero attached hydrogens (tertiary/aromatic N) is 2. The second kappa shape index (κ2) is 10.9. The summed E-state index contributed by atoms with van der Waals surface area (Å²) in [6.07, 6.45) is 0.448. The number of hydrogen-bond donors (Lipinski definition) is 1. The van der Waals surface area contributed by atoms with Gasteiger partial charge in [0.15, 0.2) is 11.6 Å². The third-order valence-electron chi connectivity index (χ3n) is 7.69. The molecule has 1 N–H and O–H groups in total. The fourth-order valence-electron chi connectivity index (χ4n) is 5.48. The molecule has 6 nitrogen and oxygen atoms in total. The minimum atomic E-state index is -0.851. The van der Waals surface area contributed by atoms with E-state index in [1.165, 1.54) is 12.1 Å². The Morgan fingerprint density at radius 2 is 1.83 bits per heavy atom. The normalized spacial score (nSPS) is 26.2. The summed E-state index contributed by atoms with van der Waals surface area (Å²) >= 11 is 0. The van der Waals surface area contributed by atoms with Crippen LogP contribution < -0.4 is 19.3 Å². The summed E-state index contributed by atoms with van der Waals surface area (Å²) in [5.74, 6) is -0.219. The summed E-state index contributed by atoms with van der Waals surface area (Å²) in [5.41, 5.74) is 1.18. The number of carbonyl (C=O) groups is 1. The highest BCUT2D eigenvalue weighted by Gasteiger charge is 2.38. The highest BCUT2D eigenvalue weighted by Crippen LogP contribution is 2.37. The Bertz CT molecular complexity index is 1080. The predicted molar refractivity (Wildman–Crippen MR) is 136 cm³/mol. The molecule has 36 heavy (non-hydrogen) atoms. The molecule has 2 aliphatic rings. The molecule has 8 heteroatoms. The average molecular weight is 503 g/mol. The van der Waals surface area contributed by atoms with Crippen LogP contribution in [-0.4, -0.2) is 49.5 Å². The largest absolute Gasteiger partial charge is 0.494 e. The Morgan fingerprint density at radius 3 is 2.50 bits per heavy atom. The van der Waals surface area contributed by atoms with Gasteiger partial charge in [-0.05, 0) is 43.0 Å². The monoisotopic (exact) mass is 502 g/mol. The van der Waals surface area contributed by atoms with Gasteiger partial charge < -0.3 is 24.4 Å². The van der Waals surface area contributed by atoms with Crippen molar-refractivity contribution in [3.8, 4) is 11.5 Å². The molecule has 2 aromatic rings. The van der Waals surface area contributed by atoms with Gasteiger partial charge in [-0.3, -0.25) is 4.79 Å². The van der Waals surface area contributed by atoms with Crippen molar-refractivity contribution < 1.29 is 28.2 Å². The van der Waals surface area contributed by atoms with Crippen molar-refractivity contribution >= 4 is 17.3 Å². The fourth-order valence-corrected chi connectivity index (χ4v) is 5.48. The number of rotatable bonds is 8. The molecule has 0 aromatic heterocycles. The number of carboxylic acid groups (broad SMARTS) is 1. The van der Waals surface area contributed by atoms with Crippen molar-refractivity contribution in [1.82, 2.24) is 0 Å². The van der Waals surface area contributed by atoms with Crippen LogP contribution in [0.2, 0.25) is 0 Å². The molecule has 4 rings (SSSR count). The Labute approximate surface area is 211 Å². The molecule has 0 bridgehead atoms. The number of benzene rings is 2. The third kappa shape index (κ3) is 5.52. The molecule has 2 fully saturated rings. The lowest BCUT2D eigenvalue weighted by atomic mass is 9.92. The van der Waals surface area contributed by atoms with Crippen LogP contribution in [0.15, 0.2) is 36.4 Å². The fraction of sp³-hybridized carbons (Fsp3) is 0.536. The highest BCUT2D eigenvalue weighted by molar-refractivity contribution is 5.69. The van der Waals surface area contributed by atoms with Crippen LogP contribution in [0, 0.1) is 29.4 Å². The number of anilines is 2. The van der Waals surface area contributed by atoms with Gasteiger partial charge in [-0.1, -0.05) is 20.8 Å². The molecular weight excluding hydrogens is 466 g/mol. The van der Waals surface area contributed by atoms with Gasteiger partial charge in [-0.25, -0.2) is 8.78 Å². The molecule has 2 saturated heterocycles. The van der Waals surface area contributed by atoms with Crippen molar-refractivity contribution in [2.24, 2.45) is 17.8 Å². The van der Waals surface area contributed by atoms with Gasteiger partial charge >= 0.3 is 5.97 Å². The van der Waals surface area contributed by atoms with Gasteiger partial charge in [0.05, 0.1) is 18.7 Å². The molecule has 196 valence electrons. The number of ether oxygens (including phenoxy) is 2. The Hall–Kier alpha value is -3.03. The Balaban J connectivity index is 1.43. The number of hydrogen-bond acceptors (Lipinski definition) is 5. The molecule has 0 radical (unpaired) electrons. The predicted octanol–water partition coefficient (Wildman–Crippen LogP) is 5.59. The van der Waals surface area contributed by atoms with Crippen LogP contribution in [0.3, 0.4) is 0 Å². The Kier molecular flexibility index (Phi) is 7.91. The van der Waals surface area contributed by atoms with Crippen molar-refractivity contribution in [3.05, 3.63) is 48.0 Å². The van der Waals surface area contributed by atoms with Crippen molar-refractivity contribution in [3.63, 3.8) is 0 Å². The maximum Gasteiger partial charge on any atom is 0.305 e. The van der Waals surface area contributed by atoms with Crippen molar-refractivity contribution in [1.29, 1.82) is 0 Å². The molecule has 0 aliphatic carbocycles. The zero-order valence-electron chi connectivity index (χ0n) is 21.4. The molecule has 2 heterocycles. The molecule has 5 atom stereocenters. The van der Waals surface area contributed by atoms with Crippen LogP contribution in [-0.2, 0) is 4.79 Å². The quantitative estimate of drug-likeness (QED) is 0.508. The number of carboxylic acids is 1. The first-order chi connectivity index (χ1) is 17.2. The summed E-state index contributed by atoms with van der Waals surface area (Å²) in [6, 6.07) is 9.50. The lowest BCUT2D eigenvalue weighted by Crippen LogP contribution is -2.44.